The van der Waals surface area contributed by atoms with E-state index in [1.807, 2.05) is 13.0 Å². The second-order valence-corrected chi connectivity index (χ2v) is 7.51. The van der Waals surface area contributed by atoms with Gasteiger partial charge in [-0.3, -0.25) is 0 Å². The molecule has 0 saturated carbocycles. The molecular formula is C27H26F2. The van der Waals surface area contributed by atoms with E-state index in [9.17, 15) is 8.78 Å². The minimum absolute atomic E-state index is 0.291. The summed E-state index contributed by atoms with van der Waals surface area (Å²) in [5.41, 5.74) is 5.55. The Kier molecular flexibility index (Phi) is 6.83. The summed E-state index contributed by atoms with van der Waals surface area (Å²) in [5, 5.41) is 0. The average molecular weight is 389 g/mol. The van der Waals surface area contributed by atoms with Crippen LogP contribution in [0.4, 0.5) is 8.78 Å². The highest BCUT2D eigenvalue weighted by Gasteiger charge is 2.06. The van der Waals surface area contributed by atoms with Gasteiger partial charge in [0.05, 0.1) is 5.56 Å². The lowest BCUT2D eigenvalue weighted by Gasteiger charge is -2.05. The monoisotopic (exact) mass is 388 g/mol. The van der Waals surface area contributed by atoms with Gasteiger partial charge in [-0.05, 0) is 78.8 Å². The highest BCUT2D eigenvalue weighted by Crippen LogP contribution is 2.24. The Morgan fingerprint density at radius 3 is 2.00 bits per heavy atom. The fourth-order valence-corrected chi connectivity index (χ4v) is 3.30. The van der Waals surface area contributed by atoms with Crippen LogP contribution in [-0.2, 0) is 6.42 Å². The topological polar surface area (TPSA) is 0 Å². The molecule has 0 N–H and O–H groups in total. The third kappa shape index (κ3) is 5.33. The molecule has 0 aliphatic heterocycles. The van der Waals surface area contributed by atoms with E-state index in [1.54, 1.807) is 31.2 Å². The summed E-state index contributed by atoms with van der Waals surface area (Å²) >= 11 is 0. The largest absolute Gasteiger partial charge is 0.207 e. The standard InChI is InChI=1S/C27H26F2/c1-4-5-6-7-21-9-11-22(20(3)16-21)12-13-23-14-15-25(18-27(23)29)24-10-8-19(2)26(28)17-24/h8-11,14-18H,4-7H2,1-3H3. The van der Waals surface area contributed by atoms with Gasteiger partial charge in [-0.1, -0.05) is 61.9 Å². The molecule has 0 amide bonds. The second-order valence-electron chi connectivity index (χ2n) is 7.51. The quantitative estimate of drug-likeness (QED) is 0.316. The van der Waals surface area contributed by atoms with Gasteiger partial charge >= 0.3 is 0 Å². The van der Waals surface area contributed by atoms with Crippen LogP contribution >= 0.6 is 0 Å². The third-order valence-corrected chi connectivity index (χ3v) is 5.17. The van der Waals surface area contributed by atoms with Gasteiger partial charge in [-0.15, -0.1) is 0 Å². The second kappa shape index (κ2) is 9.52. The number of hydrogen-bond donors (Lipinski definition) is 0. The van der Waals surface area contributed by atoms with Crippen molar-refractivity contribution < 1.29 is 8.78 Å². The fourth-order valence-electron chi connectivity index (χ4n) is 3.30. The third-order valence-electron chi connectivity index (χ3n) is 5.17. The van der Waals surface area contributed by atoms with Gasteiger partial charge in [0.25, 0.3) is 0 Å². The highest BCUT2D eigenvalue weighted by atomic mass is 19.1. The van der Waals surface area contributed by atoms with Crippen molar-refractivity contribution >= 4 is 0 Å². The van der Waals surface area contributed by atoms with Gasteiger partial charge in [-0.25, -0.2) is 8.78 Å². The summed E-state index contributed by atoms with van der Waals surface area (Å²) in [6.07, 6.45) is 4.73. The SMILES string of the molecule is CCCCCc1ccc(C#Cc2ccc(-c3ccc(C)c(F)c3)cc2F)c(C)c1. The van der Waals surface area contributed by atoms with E-state index < -0.39 is 5.82 Å². The first kappa shape index (κ1) is 20.8. The first-order valence-corrected chi connectivity index (χ1v) is 10.2. The minimum atomic E-state index is -0.398. The van der Waals surface area contributed by atoms with Gasteiger partial charge in [0.15, 0.2) is 0 Å². The molecule has 0 radical (unpaired) electrons. The maximum absolute atomic E-state index is 14.6. The molecule has 0 aliphatic rings. The van der Waals surface area contributed by atoms with E-state index in [0.717, 1.165) is 17.5 Å². The molecule has 148 valence electrons. The molecule has 3 aromatic rings. The molecule has 0 fully saturated rings. The molecule has 0 bridgehead atoms. The normalized spacial score (nSPS) is 10.5. The highest BCUT2D eigenvalue weighted by molar-refractivity contribution is 5.65. The molecule has 2 heteroatoms. The van der Waals surface area contributed by atoms with Crippen LogP contribution in [0.5, 0.6) is 0 Å². The molecular weight excluding hydrogens is 362 g/mol. The summed E-state index contributed by atoms with van der Waals surface area (Å²) < 4.78 is 28.3. The first-order chi connectivity index (χ1) is 14.0. The van der Waals surface area contributed by atoms with E-state index in [0.29, 0.717) is 22.3 Å². The number of unbranched alkanes of at least 4 members (excludes halogenated alkanes) is 2. The van der Waals surface area contributed by atoms with E-state index in [-0.39, 0.29) is 5.82 Å². The van der Waals surface area contributed by atoms with Gasteiger partial charge in [-0.2, -0.15) is 0 Å². The fraction of sp³-hybridized carbons (Fsp3) is 0.259. The van der Waals surface area contributed by atoms with Crippen molar-refractivity contribution in [3.63, 3.8) is 0 Å². The van der Waals surface area contributed by atoms with Crippen LogP contribution in [0, 0.1) is 37.3 Å². The number of halogens is 2. The number of benzene rings is 3. The molecule has 3 aromatic carbocycles. The van der Waals surface area contributed by atoms with Crippen molar-refractivity contribution in [2.24, 2.45) is 0 Å². The zero-order chi connectivity index (χ0) is 20.8. The van der Waals surface area contributed by atoms with Crippen LogP contribution in [0.15, 0.2) is 54.6 Å². The van der Waals surface area contributed by atoms with E-state index in [2.05, 4.69) is 30.9 Å². The predicted octanol–water partition coefficient (Wildman–Crippen LogP) is 7.38. The Morgan fingerprint density at radius 1 is 0.690 bits per heavy atom. The zero-order valence-corrected chi connectivity index (χ0v) is 17.3. The summed E-state index contributed by atoms with van der Waals surface area (Å²) in [7, 11) is 0. The van der Waals surface area contributed by atoms with Crippen LogP contribution in [0.2, 0.25) is 0 Å². The maximum atomic E-state index is 14.6. The number of rotatable bonds is 5. The molecule has 0 saturated heterocycles. The van der Waals surface area contributed by atoms with Crippen molar-refractivity contribution in [3.8, 4) is 23.0 Å². The van der Waals surface area contributed by atoms with Gasteiger partial charge in [0.2, 0.25) is 0 Å². The Hall–Kier alpha value is -2.92. The lowest BCUT2D eigenvalue weighted by Crippen LogP contribution is -1.90. The van der Waals surface area contributed by atoms with Crippen LogP contribution in [-0.4, -0.2) is 0 Å². The molecule has 3 rings (SSSR count). The van der Waals surface area contributed by atoms with Crippen molar-refractivity contribution in [1.29, 1.82) is 0 Å². The van der Waals surface area contributed by atoms with Gasteiger partial charge in [0, 0.05) is 5.56 Å². The van der Waals surface area contributed by atoms with Crippen molar-refractivity contribution in [2.75, 3.05) is 0 Å². The van der Waals surface area contributed by atoms with E-state index in [4.69, 9.17) is 0 Å². The maximum Gasteiger partial charge on any atom is 0.139 e. The van der Waals surface area contributed by atoms with Crippen LogP contribution in [0.3, 0.4) is 0 Å². The molecule has 29 heavy (non-hydrogen) atoms. The smallest absolute Gasteiger partial charge is 0.139 e. The number of hydrogen-bond acceptors (Lipinski definition) is 0. The van der Waals surface area contributed by atoms with Crippen LogP contribution in [0.25, 0.3) is 11.1 Å². The Balaban J connectivity index is 1.79. The summed E-state index contributed by atoms with van der Waals surface area (Å²) in [6, 6.07) is 16.1. The van der Waals surface area contributed by atoms with Gasteiger partial charge < -0.3 is 0 Å². The van der Waals surface area contributed by atoms with Crippen molar-refractivity contribution in [1.82, 2.24) is 0 Å². The summed E-state index contributed by atoms with van der Waals surface area (Å²) in [4.78, 5) is 0. The molecule has 0 heterocycles. The number of aryl methyl sites for hydroxylation is 3. The van der Waals surface area contributed by atoms with E-state index in [1.165, 1.54) is 37.0 Å². The van der Waals surface area contributed by atoms with Crippen molar-refractivity contribution in [2.45, 2.75) is 46.5 Å². The molecule has 0 spiro atoms. The molecule has 0 nitrogen and oxygen atoms in total. The molecule has 0 aliphatic carbocycles. The zero-order valence-electron chi connectivity index (χ0n) is 17.3. The minimum Gasteiger partial charge on any atom is -0.207 e. The van der Waals surface area contributed by atoms with Gasteiger partial charge in [0.1, 0.15) is 11.6 Å². The molecule has 0 aromatic heterocycles. The Morgan fingerprint density at radius 2 is 1.34 bits per heavy atom. The predicted molar refractivity (Wildman–Crippen MR) is 117 cm³/mol. The van der Waals surface area contributed by atoms with E-state index >= 15 is 0 Å². The molecule has 0 unspecified atom stereocenters. The summed E-state index contributed by atoms with van der Waals surface area (Å²) in [6.45, 7) is 5.95. The Bertz CT molecular complexity index is 1070. The Labute approximate surface area is 172 Å². The lowest BCUT2D eigenvalue weighted by atomic mass is 10.0. The molecule has 0 atom stereocenters. The van der Waals surface area contributed by atoms with Crippen LogP contribution < -0.4 is 0 Å². The van der Waals surface area contributed by atoms with Crippen LogP contribution in [0.1, 0.15) is 54.0 Å². The summed E-state index contributed by atoms with van der Waals surface area (Å²) in [5.74, 6) is 5.34. The lowest BCUT2D eigenvalue weighted by molar-refractivity contribution is 0.618. The van der Waals surface area contributed by atoms with Crippen molar-refractivity contribution in [3.05, 3.63) is 94.0 Å². The average Bonchev–Trinajstić information content (AvgIpc) is 2.70. The first-order valence-electron chi connectivity index (χ1n) is 10.2.